The Morgan fingerprint density at radius 3 is 2.27 bits per heavy atom. The van der Waals surface area contributed by atoms with Crippen LogP contribution in [0.3, 0.4) is 0 Å². The molecule has 0 unspecified atom stereocenters. The van der Waals surface area contributed by atoms with Gasteiger partial charge in [-0.05, 0) is 66.1 Å². The number of ether oxygens (including phenoxy) is 1. The Hall–Kier alpha value is -3.43. The molecule has 7 nitrogen and oxygen atoms in total. The minimum atomic E-state index is -4.27. The summed E-state index contributed by atoms with van der Waals surface area (Å²) < 4.78 is 38.8. The van der Waals surface area contributed by atoms with Gasteiger partial charge in [0.15, 0.2) is 0 Å². The van der Waals surface area contributed by atoms with E-state index < -0.39 is 20.9 Å². The first kappa shape index (κ1) is 22.8. The number of carbonyl (C=O) groups is 1. The number of methoxy groups -OCH3 is 1. The van der Waals surface area contributed by atoms with E-state index in [1.54, 1.807) is 24.3 Å². The van der Waals surface area contributed by atoms with Crippen molar-refractivity contribution < 1.29 is 22.4 Å². The highest BCUT2D eigenvalue weighted by Gasteiger charge is 2.32. The van der Waals surface area contributed by atoms with Crippen LogP contribution < -0.4 is 14.0 Å². The van der Waals surface area contributed by atoms with Gasteiger partial charge in [-0.3, -0.25) is 4.79 Å². The van der Waals surface area contributed by atoms with Crippen LogP contribution in [0.25, 0.3) is 10.3 Å². The van der Waals surface area contributed by atoms with Crippen molar-refractivity contribution in [2.45, 2.75) is 24.7 Å². The molecule has 4 aromatic rings. The van der Waals surface area contributed by atoms with E-state index in [0.717, 1.165) is 21.2 Å². The Kier molecular flexibility index (Phi) is 6.09. The topological polar surface area (TPSA) is 93.9 Å². The summed E-state index contributed by atoms with van der Waals surface area (Å²) in [5, 5.41) is 0. The first-order chi connectivity index (χ1) is 15.7. The predicted octanol–water partition coefficient (Wildman–Crippen LogP) is 5.02. The SMILES string of the molecule is COc1ccc(C(=O)N(c2ccc3oc(=O)sc3c2)S(=O)(=O)c2ccc(C(C)C)cc2)cc1. The van der Waals surface area contributed by atoms with E-state index in [1.807, 2.05) is 13.8 Å². The van der Waals surface area contributed by atoms with Gasteiger partial charge in [-0.1, -0.05) is 37.3 Å². The first-order valence-corrected chi connectivity index (χ1v) is 12.3. The minimum absolute atomic E-state index is 0.0192. The molecule has 9 heteroatoms. The number of amides is 1. The zero-order valence-corrected chi connectivity index (χ0v) is 19.8. The van der Waals surface area contributed by atoms with Crippen molar-refractivity contribution in [1.29, 1.82) is 0 Å². The van der Waals surface area contributed by atoms with Gasteiger partial charge < -0.3 is 9.15 Å². The Labute approximate surface area is 194 Å². The molecule has 1 amide bonds. The molecular formula is C24H21NO6S2. The van der Waals surface area contributed by atoms with E-state index >= 15 is 0 Å². The lowest BCUT2D eigenvalue weighted by molar-refractivity contribution is 0.101. The molecule has 0 aliphatic rings. The summed E-state index contributed by atoms with van der Waals surface area (Å²) in [5.74, 6) is 0.0284. The van der Waals surface area contributed by atoms with Gasteiger partial charge in [0.05, 0.1) is 22.4 Å². The van der Waals surface area contributed by atoms with E-state index in [0.29, 0.717) is 16.0 Å². The van der Waals surface area contributed by atoms with Crippen molar-refractivity contribution in [2.75, 3.05) is 11.4 Å². The van der Waals surface area contributed by atoms with Gasteiger partial charge in [0.25, 0.3) is 15.9 Å². The Balaban J connectivity index is 1.86. The smallest absolute Gasteiger partial charge is 0.396 e. The van der Waals surface area contributed by atoms with Gasteiger partial charge in [0.2, 0.25) is 0 Å². The average molecular weight is 484 g/mol. The number of hydrogen-bond acceptors (Lipinski definition) is 7. The Morgan fingerprint density at radius 1 is 1.00 bits per heavy atom. The number of carbonyl (C=O) groups excluding carboxylic acids is 1. The fourth-order valence-electron chi connectivity index (χ4n) is 3.33. The first-order valence-electron chi connectivity index (χ1n) is 10.1. The zero-order valence-electron chi connectivity index (χ0n) is 18.1. The van der Waals surface area contributed by atoms with Crippen molar-refractivity contribution in [2.24, 2.45) is 0 Å². The van der Waals surface area contributed by atoms with Crippen LogP contribution in [0, 0.1) is 0 Å². The standard InChI is InChI=1S/C24H21NO6S2/c1-15(2)16-6-11-20(12-7-16)33(28,29)25(23(26)17-4-9-19(30-3)10-5-17)18-8-13-21-22(14-18)32-24(27)31-21/h4-15H,1-3H3. The number of rotatable bonds is 6. The number of sulfonamides is 1. The molecule has 0 fully saturated rings. The monoisotopic (exact) mass is 483 g/mol. The van der Waals surface area contributed by atoms with E-state index in [4.69, 9.17) is 9.15 Å². The maximum atomic E-state index is 13.7. The third kappa shape index (κ3) is 4.42. The number of nitrogens with zero attached hydrogens (tertiary/aromatic N) is 1. The molecule has 3 aromatic carbocycles. The van der Waals surface area contributed by atoms with Crippen LogP contribution in [0.5, 0.6) is 5.75 Å². The molecule has 4 rings (SSSR count). The molecule has 0 atom stereocenters. The minimum Gasteiger partial charge on any atom is -0.497 e. The van der Waals surface area contributed by atoms with Gasteiger partial charge in [0, 0.05) is 5.56 Å². The predicted molar refractivity (Wildman–Crippen MR) is 128 cm³/mol. The molecule has 0 bridgehead atoms. The third-order valence-corrected chi connectivity index (χ3v) is 7.67. The molecule has 0 radical (unpaired) electrons. The normalized spacial score (nSPS) is 11.6. The van der Waals surface area contributed by atoms with Crippen LogP contribution in [0.15, 0.2) is 80.8 Å². The summed E-state index contributed by atoms with van der Waals surface area (Å²) in [6, 6.07) is 17.0. The molecular weight excluding hydrogens is 462 g/mol. The second-order valence-electron chi connectivity index (χ2n) is 7.61. The van der Waals surface area contributed by atoms with Crippen LogP contribution in [-0.2, 0) is 10.0 Å². The van der Waals surface area contributed by atoms with Gasteiger partial charge in [-0.25, -0.2) is 13.2 Å². The molecule has 0 saturated heterocycles. The summed E-state index contributed by atoms with van der Waals surface area (Å²) in [5.41, 5.74) is 1.57. The summed E-state index contributed by atoms with van der Waals surface area (Å²) in [6.07, 6.45) is 0. The lowest BCUT2D eigenvalue weighted by Gasteiger charge is -2.23. The molecule has 170 valence electrons. The summed E-state index contributed by atoms with van der Waals surface area (Å²) in [7, 11) is -2.77. The van der Waals surface area contributed by atoms with Crippen molar-refractivity contribution in [3.05, 3.63) is 87.6 Å². The maximum absolute atomic E-state index is 13.7. The fraction of sp³-hybridized carbons (Fsp3) is 0.167. The van der Waals surface area contributed by atoms with Crippen molar-refractivity contribution in [3.8, 4) is 5.75 Å². The van der Waals surface area contributed by atoms with Crippen molar-refractivity contribution in [1.82, 2.24) is 0 Å². The second kappa shape index (κ2) is 8.84. The highest BCUT2D eigenvalue weighted by molar-refractivity contribution is 7.93. The van der Waals surface area contributed by atoms with Gasteiger partial charge in [-0.2, -0.15) is 4.31 Å². The molecule has 0 saturated carbocycles. The number of hydrogen-bond donors (Lipinski definition) is 0. The van der Waals surface area contributed by atoms with Crippen molar-refractivity contribution >= 4 is 43.2 Å². The average Bonchev–Trinajstić information content (AvgIpc) is 3.18. The highest BCUT2D eigenvalue weighted by Crippen LogP contribution is 2.31. The van der Waals surface area contributed by atoms with E-state index in [-0.39, 0.29) is 22.1 Å². The van der Waals surface area contributed by atoms with Crippen LogP contribution in [0.1, 0.15) is 35.7 Å². The van der Waals surface area contributed by atoms with E-state index in [9.17, 15) is 18.0 Å². The van der Waals surface area contributed by atoms with Gasteiger partial charge >= 0.3 is 4.94 Å². The maximum Gasteiger partial charge on any atom is 0.396 e. The second-order valence-corrected chi connectivity index (χ2v) is 10.4. The van der Waals surface area contributed by atoms with Crippen LogP contribution >= 0.6 is 11.3 Å². The van der Waals surface area contributed by atoms with E-state index in [1.165, 1.54) is 49.6 Å². The van der Waals surface area contributed by atoms with Crippen LogP contribution in [-0.4, -0.2) is 21.4 Å². The molecule has 0 N–H and O–H groups in total. The molecule has 1 heterocycles. The largest absolute Gasteiger partial charge is 0.497 e. The summed E-state index contributed by atoms with van der Waals surface area (Å²) in [6.45, 7) is 4.02. The highest BCUT2D eigenvalue weighted by atomic mass is 32.2. The quantitative estimate of drug-likeness (QED) is 0.382. The Bertz CT molecular complexity index is 1470. The van der Waals surface area contributed by atoms with Gasteiger partial charge in [-0.15, -0.1) is 0 Å². The number of anilines is 1. The molecule has 33 heavy (non-hydrogen) atoms. The van der Waals surface area contributed by atoms with Crippen LogP contribution in [0.2, 0.25) is 0 Å². The molecule has 0 aliphatic carbocycles. The molecule has 0 spiro atoms. The molecule has 1 aromatic heterocycles. The lowest BCUT2D eigenvalue weighted by atomic mass is 10.0. The van der Waals surface area contributed by atoms with E-state index in [2.05, 4.69) is 0 Å². The summed E-state index contributed by atoms with van der Waals surface area (Å²) in [4.78, 5) is 24.6. The third-order valence-electron chi connectivity index (χ3n) is 5.15. The lowest BCUT2D eigenvalue weighted by Crippen LogP contribution is -2.37. The van der Waals surface area contributed by atoms with Crippen molar-refractivity contribution in [3.63, 3.8) is 0 Å². The summed E-state index contributed by atoms with van der Waals surface area (Å²) >= 11 is 0.836. The van der Waals surface area contributed by atoms with Crippen LogP contribution in [0.4, 0.5) is 5.69 Å². The Morgan fingerprint density at radius 2 is 1.67 bits per heavy atom. The number of benzene rings is 3. The van der Waals surface area contributed by atoms with Gasteiger partial charge in [0.1, 0.15) is 11.3 Å². The fourth-order valence-corrected chi connectivity index (χ4v) is 5.44. The molecule has 0 aliphatic heterocycles. The zero-order chi connectivity index (χ0) is 23.8. The number of fused-ring (bicyclic) bond motifs is 1.